The van der Waals surface area contributed by atoms with Gasteiger partial charge >= 0.3 is 5.97 Å². The molecular weight excluding hydrogens is 304 g/mol. The van der Waals surface area contributed by atoms with Crippen LogP contribution in [0.3, 0.4) is 0 Å². The molecule has 0 aromatic heterocycles. The quantitative estimate of drug-likeness (QED) is 0.780. The molecular formula is C19H22N2O3. The first-order valence-corrected chi connectivity index (χ1v) is 8.11. The molecule has 0 saturated heterocycles. The molecule has 1 saturated carbocycles. The largest absolute Gasteiger partial charge is 0.469 e. The maximum absolute atomic E-state index is 13.5. The number of carbonyl (C=O) groups excluding carboxylic acids is 2. The summed E-state index contributed by atoms with van der Waals surface area (Å²) in [5, 5.41) is 9.86. The third kappa shape index (κ3) is 1.64. The van der Waals surface area contributed by atoms with Gasteiger partial charge < -0.3 is 9.64 Å². The number of para-hydroxylation sites is 1. The predicted octanol–water partition coefficient (Wildman–Crippen LogP) is 2.30. The summed E-state index contributed by atoms with van der Waals surface area (Å²) < 4.78 is 5.00. The summed E-state index contributed by atoms with van der Waals surface area (Å²) >= 11 is 0. The third-order valence-corrected chi connectivity index (χ3v) is 5.99. The molecule has 1 aliphatic carbocycles. The zero-order valence-corrected chi connectivity index (χ0v) is 14.7. The van der Waals surface area contributed by atoms with E-state index >= 15 is 0 Å². The van der Waals surface area contributed by atoms with Crippen molar-refractivity contribution in [2.45, 2.75) is 32.2 Å². The lowest BCUT2D eigenvalue weighted by Crippen LogP contribution is -2.55. The number of benzene rings is 1. The minimum Gasteiger partial charge on any atom is -0.469 e. The van der Waals surface area contributed by atoms with E-state index in [2.05, 4.69) is 6.07 Å². The molecule has 3 rings (SSSR count). The second kappa shape index (κ2) is 5.07. The number of rotatable bonds is 2. The zero-order chi connectivity index (χ0) is 17.9. The van der Waals surface area contributed by atoms with Crippen LogP contribution >= 0.6 is 0 Å². The fraction of sp³-hybridized carbons (Fsp3) is 0.526. The van der Waals surface area contributed by atoms with E-state index in [-0.39, 0.29) is 5.78 Å². The normalized spacial score (nSPS) is 31.4. The van der Waals surface area contributed by atoms with Crippen molar-refractivity contribution in [3.8, 4) is 6.07 Å². The summed E-state index contributed by atoms with van der Waals surface area (Å²) in [7, 11) is 3.23. The average Bonchev–Trinajstić information content (AvgIpc) is 2.98. The van der Waals surface area contributed by atoms with Gasteiger partial charge in [0, 0.05) is 18.7 Å². The second-order valence-corrected chi connectivity index (χ2v) is 7.32. The Kier molecular flexibility index (Phi) is 3.49. The molecule has 1 aromatic rings. The molecule has 1 fully saturated rings. The SMILES string of the molecule is COC(=O)[C@H]1[C@H](C)C(=O)[C@]2(C(C)(C)C#N)c3ccccc3N(C)[C@H]12. The topological polar surface area (TPSA) is 70.4 Å². The number of nitriles is 1. The summed E-state index contributed by atoms with van der Waals surface area (Å²) in [4.78, 5) is 27.9. The van der Waals surface area contributed by atoms with Gasteiger partial charge in [-0.2, -0.15) is 5.26 Å². The average molecular weight is 326 g/mol. The summed E-state index contributed by atoms with van der Waals surface area (Å²) in [5.41, 5.74) is -0.245. The lowest BCUT2D eigenvalue weighted by Gasteiger charge is -2.40. The minimum atomic E-state index is -1.04. The van der Waals surface area contributed by atoms with Crippen LogP contribution in [-0.2, 0) is 19.7 Å². The monoisotopic (exact) mass is 326 g/mol. The van der Waals surface area contributed by atoms with Gasteiger partial charge in [-0.3, -0.25) is 9.59 Å². The number of esters is 1. The number of ether oxygens (including phenoxy) is 1. The predicted molar refractivity (Wildman–Crippen MR) is 89.4 cm³/mol. The molecule has 0 unspecified atom stereocenters. The van der Waals surface area contributed by atoms with Crippen LogP contribution in [0.25, 0.3) is 0 Å². The van der Waals surface area contributed by atoms with Crippen molar-refractivity contribution < 1.29 is 14.3 Å². The van der Waals surface area contributed by atoms with Gasteiger partial charge in [0.2, 0.25) is 0 Å². The number of methoxy groups -OCH3 is 1. The molecule has 5 nitrogen and oxygen atoms in total. The Morgan fingerprint density at radius 3 is 2.58 bits per heavy atom. The first kappa shape index (κ1) is 16.5. The maximum Gasteiger partial charge on any atom is 0.311 e. The number of hydrogen-bond acceptors (Lipinski definition) is 5. The van der Waals surface area contributed by atoms with E-state index in [4.69, 9.17) is 4.74 Å². The number of fused-ring (bicyclic) bond motifs is 3. The highest BCUT2D eigenvalue weighted by molar-refractivity contribution is 6.05. The molecule has 5 heteroatoms. The van der Waals surface area contributed by atoms with E-state index in [1.165, 1.54) is 7.11 Å². The molecule has 1 heterocycles. The maximum atomic E-state index is 13.5. The van der Waals surface area contributed by atoms with E-state index in [1.807, 2.05) is 36.2 Å². The Balaban J connectivity index is 2.37. The lowest BCUT2D eigenvalue weighted by molar-refractivity contribution is -0.147. The molecule has 24 heavy (non-hydrogen) atoms. The number of nitrogens with zero attached hydrogens (tertiary/aromatic N) is 2. The van der Waals surface area contributed by atoms with Crippen LogP contribution in [0.5, 0.6) is 0 Å². The van der Waals surface area contributed by atoms with Crippen LogP contribution < -0.4 is 4.90 Å². The number of ketones is 1. The van der Waals surface area contributed by atoms with Crippen LogP contribution in [0.2, 0.25) is 0 Å². The summed E-state index contributed by atoms with van der Waals surface area (Å²) in [6.45, 7) is 5.36. The Labute approximate surface area is 142 Å². The zero-order valence-electron chi connectivity index (χ0n) is 14.7. The lowest BCUT2D eigenvalue weighted by atomic mass is 9.59. The van der Waals surface area contributed by atoms with Crippen LogP contribution in [-0.4, -0.2) is 32.0 Å². The number of hydrogen-bond donors (Lipinski definition) is 0. The van der Waals surface area contributed by atoms with Crippen molar-refractivity contribution in [2.24, 2.45) is 17.3 Å². The summed E-state index contributed by atoms with van der Waals surface area (Å²) in [6, 6.07) is 9.56. The number of Topliss-reactive ketones (excluding diaryl/α,β-unsaturated/α-hetero) is 1. The van der Waals surface area contributed by atoms with Crippen molar-refractivity contribution in [1.82, 2.24) is 0 Å². The van der Waals surface area contributed by atoms with E-state index in [1.54, 1.807) is 20.8 Å². The highest BCUT2D eigenvalue weighted by Crippen LogP contribution is 2.62. The van der Waals surface area contributed by atoms with Crippen molar-refractivity contribution in [1.29, 1.82) is 5.26 Å². The highest BCUT2D eigenvalue weighted by atomic mass is 16.5. The van der Waals surface area contributed by atoms with E-state index in [0.29, 0.717) is 0 Å². The highest BCUT2D eigenvalue weighted by Gasteiger charge is 2.72. The molecule has 126 valence electrons. The molecule has 0 radical (unpaired) electrons. The van der Waals surface area contributed by atoms with Gasteiger partial charge in [-0.05, 0) is 25.5 Å². The first-order valence-electron chi connectivity index (χ1n) is 8.11. The summed E-state index contributed by atoms with van der Waals surface area (Å²) in [6.07, 6.45) is 0. The van der Waals surface area contributed by atoms with Gasteiger partial charge in [0.15, 0.2) is 5.78 Å². The van der Waals surface area contributed by atoms with Gasteiger partial charge in [-0.25, -0.2) is 0 Å². The molecule has 0 amide bonds. The van der Waals surface area contributed by atoms with Crippen LogP contribution in [0.1, 0.15) is 26.3 Å². The number of anilines is 1. The van der Waals surface area contributed by atoms with Crippen molar-refractivity contribution in [2.75, 3.05) is 19.1 Å². The molecule has 0 bridgehead atoms. The van der Waals surface area contributed by atoms with Crippen LogP contribution in [0, 0.1) is 28.6 Å². The van der Waals surface area contributed by atoms with Crippen molar-refractivity contribution >= 4 is 17.4 Å². The summed E-state index contributed by atoms with van der Waals surface area (Å²) in [5.74, 6) is -1.53. The Morgan fingerprint density at radius 1 is 1.38 bits per heavy atom. The van der Waals surface area contributed by atoms with Crippen molar-refractivity contribution in [3.05, 3.63) is 29.8 Å². The Bertz CT molecular complexity index is 764. The van der Waals surface area contributed by atoms with Crippen LogP contribution in [0.15, 0.2) is 24.3 Å². The smallest absolute Gasteiger partial charge is 0.311 e. The fourth-order valence-corrected chi connectivity index (χ4v) is 4.87. The minimum absolute atomic E-state index is 0.0498. The van der Waals surface area contributed by atoms with Gasteiger partial charge in [0.25, 0.3) is 0 Å². The van der Waals surface area contributed by atoms with E-state index in [0.717, 1.165) is 11.3 Å². The van der Waals surface area contributed by atoms with Gasteiger partial charge in [-0.1, -0.05) is 25.1 Å². The van der Waals surface area contributed by atoms with E-state index in [9.17, 15) is 14.9 Å². The standard InChI is InChI=1S/C19H22N2O3/c1-11-14(17(23)24-5)15-19(16(11)22,18(2,3)10-20)12-8-6-7-9-13(12)21(15)4/h6-9,11,14-15H,1-5H3/t11-,14-,15+,19-/m0/s1. The number of carbonyl (C=O) groups is 2. The van der Waals surface area contributed by atoms with Crippen molar-refractivity contribution in [3.63, 3.8) is 0 Å². The molecule has 0 N–H and O–H groups in total. The van der Waals surface area contributed by atoms with Gasteiger partial charge in [-0.15, -0.1) is 0 Å². The third-order valence-electron chi connectivity index (χ3n) is 5.99. The molecule has 0 spiro atoms. The van der Waals surface area contributed by atoms with Crippen LogP contribution in [0.4, 0.5) is 5.69 Å². The van der Waals surface area contributed by atoms with E-state index < -0.39 is 34.7 Å². The first-order chi connectivity index (χ1) is 11.3. The second-order valence-electron chi connectivity index (χ2n) is 7.32. The molecule has 1 aromatic carbocycles. The molecule has 2 aliphatic rings. The molecule has 1 aliphatic heterocycles. The Hall–Kier alpha value is -2.35. The Morgan fingerprint density at radius 2 is 2.00 bits per heavy atom. The molecule has 4 atom stereocenters. The van der Waals surface area contributed by atoms with Gasteiger partial charge in [0.1, 0.15) is 0 Å². The number of likely N-dealkylation sites (N-methyl/N-ethyl adjacent to an activating group) is 1. The van der Waals surface area contributed by atoms with Gasteiger partial charge in [0.05, 0.1) is 36.0 Å². The fourth-order valence-electron chi connectivity index (χ4n) is 4.87.